The first-order chi connectivity index (χ1) is 13.9. The van der Waals surface area contributed by atoms with Crippen LogP contribution in [0.3, 0.4) is 0 Å². The van der Waals surface area contributed by atoms with Gasteiger partial charge in [0.1, 0.15) is 0 Å². The Labute approximate surface area is 174 Å². The molecule has 0 saturated carbocycles. The average molecular weight is 413 g/mol. The van der Waals surface area contributed by atoms with E-state index in [2.05, 4.69) is 11.4 Å². The molecule has 1 unspecified atom stereocenters. The zero-order valence-corrected chi connectivity index (χ0v) is 17.3. The van der Waals surface area contributed by atoms with Crippen LogP contribution in [0.15, 0.2) is 48.5 Å². The molecule has 0 spiro atoms. The van der Waals surface area contributed by atoms with E-state index in [1.807, 2.05) is 43.1 Å². The van der Waals surface area contributed by atoms with Gasteiger partial charge in [0.25, 0.3) is 5.69 Å². The Kier molecular flexibility index (Phi) is 8.65. The first kappa shape index (κ1) is 22.4. The third kappa shape index (κ3) is 6.89. The lowest BCUT2D eigenvalue weighted by molar-refractivity contribution is -0.384. The fraction of sp³-hybridized carbons (Fsp3) is 0.333. The highest BCUT2D eigenvalue weighted by atomic mass is 32.2. The van der Waals surface area contributed by atoms with Gasteiger partial charge in [0, 0.05) is 36.2 Å². The molecule has 0 aromatic heterocycles. The SMILES string of the molecule is CC(c1cccc([N+](=O)[O-])c1)N(C)CC(=O)NCCSCc1ccccc1C#N. The number of carbonyl (C=O) groups excluding carboxylic acids is 1. The number of nitro benzene ring substituents is 1. The number of hydrogen-bond acceptors (Lipinski definition) is 6. The lowest BCUT2D eigenvalue weighted by Gasteiger charge is -2.24. The molecular weight excluding hydrogens is 388 g/mol. The van der Waals surface area contributed by atoms with Gasteiger partial charge in [0.2, 0.25) is 5.91 Å². The molecule has 2 aromatic carbocycles. The summed E-state index contributed by atoms with van der Waals surface area (Å²) in [5.41, 5.74) is 2.51. The minimum atomic E-state index is -0.421. The van der Waals surface area contributed by atoms with Crippen LogP contribution in [-0.2, 0) is 10.5 Å². The Morgan fingerprint density at radius 1 is 1.31 bits per heavy atom. The second kappa shape index (κ2) is 11.2. The van der Waals surface area contributed by atoms with E-state index in [4.69, 9.17) is 5.26 Å². The summed E-state index contributed by atoms with van der Waals surface area (Å²) in [5, 5.41) is 22.9. The zero-order valence-electron chi connectivity index (χ0n) is 16.5. The summed E-state index contributed by atoms with van der Waals surface area (Å²) >= 11 is 1.66. The minimum Gasteiger partial charge on any atom is -0.354 e. The van der Waals surface area contributed by atoms with E-state index in [9.17, 15) is 14.9 Å². The molecular formula is C21H24N4O3S. The predicted octanol–water partition coefficient (Wildman–Crippen LogP) is 3.51. The van der Waals surface area contributed by atoms with Crippen molar-refractivity contribution < 1.29 is 9.72 Å². The largest absolute Gasteiger partial charge is 0.354 e. The van der Waals surface area contributed by atoms with Gasteiger partial charge < -0.3 is 5.32 Å². The number of non-ortho nitro benzene ring substituents is 1. The molecule has 152 valence electrons. The summed E-state index contributed by atoms with van der Waals surface area (Å²) in [5.74, 6) is 1.38. The number of nitriles is 1. The zero-order chi connectivity index (χ0) is 21.2. The number of likely N-dealkylation sites (N-methyl/N-ethyl adjacent to an activating group) is 1. The molecule has 0 aliphatic heterocycles. The molecule has 2 aromatic rings. The lowest BCUT2D eigenvalue weighted by Crippen LogP contribution is -2.37. The van der Waals surface area contributed by atoms with Crippen LogP contribution in [-0.4, -0.2) is 41.6 Å². The number of thioether (sulfide) groups is 1. The minimum absolute atomic E-state index is 0.0437. The van der Waals surface area contributed by atoms with Gasteiger partial charge in [-0.3, -0.25) is 19.8 Å². The second-order valence-electron chi connectivity index (χ2n) is 6.61. The van der Waals surface area contributed by atoms with E-state index in [1.54, 1.807) is 23.9 Å². The summed E-state index contributed by atoms with van der Waals surface area (Å²) < 4.78 is 0. The molecule has 0 heterocycles. The van der Waals surface area contributed by atoms with E-state index in [-0.39, 0.29) is 24.2 Å². The smallest absolute Gasteiger partial charge is 0.269 e. The van der Waals surface area contributed by atoms with E-state index in [0.29, 0.717) is 12.1 Å². The Hall–Kier alpha value is -2.89. The Bertz CT molecular complexity index is 897. The molecule has 0 aliphatic carbocycles. The maximum absolute atomic E-state index is 12.2. The van der Waals surface area contributed by atoms with Crippen LogP contribution in [0.4, 0.5) is 5.69 Å². The van der Waals surface area contributed by atoms with E-state index in [1.165, 1.54) is 12.1 Å². The van der Waals surface area contributed by atoms with Crippen molar-refractivity contribution in [3.8, 4) is 6.07 Å². The van der Waals surface area contributed by atoms with Crippen LogP contribution < -0.4 is 5.32 Å². The second-order valence-corrected chi connectivity index (χ2v) is 7.72. The van der Waals surface area contributed by atoms with Gasteiger partial charge in [-0.15, -0.1) is 0 Å². The molecule has 8 heteroatoms. The normalized spacial score (nSPS) is 11.7. The van der Waals surface area contributed by atoms with Crippen LogP contribution in [0.25, 0.3) is 0 Å². The van der Waals surface area contributed by atoms with Gasteiger partial charge in [0.15, 0.2) is 0 Å². The maximum atomic E-state index is 12.2. The molecule has 0 fully saturated rings. The number of carbonyl (C=O) groups is 1. The number of nitro groups is 1. The summed E-state index contributed by atoms with van der Waals surface area (Å²) in [6.45, 7) is 2.65. The Morgan fingerprint density at radius 2 is 2.07 bits per heavy atom. The molecule has 0 radical (unpaired) electrons. The molecule has 2 rings (SSSR count). The van der Waals surface area contributed by atoms with Gasteiger partial charge in [-0.2, -0.15) is 17.0 Å². The number of nitrogens with one attached hydrogen (secondary N) is 1. The van der Waals surface area contributed by atoms with E-state index in [0.717, 1.165) is 22.6 Å². The van der Waals surface area contributed by atoms with Gasteiger partial charge in [0.05, 0.1) is 23.1 Å². The van der Waals surface area contributed by atoms with E-state index >= 15 is 0 Å². The molecule has 0 bridgehead atoms. The van der Waals surface area contributed by atoms with Crippen LogP contribution in [0.5, 0.6) is 0 Å². The highest BCUT2D eigenvalue weighted by molar-refractivity contribution is 7.98. The Morgan fingerprint density at radius 3 is 2.79 bits per heavy atom. The number of nitrogens with zero attached hydrogens (tertiary/aromatic N) is 3. The fourth-order valence-electron chi connectivity index (χ4n) is 2.77. The van der Waals surface area contributed by atoms with Gasteiger partial charge in [-0.25, -0.2) is 0 Å². The maximum Gasteiger partial charge on any atom is 0.269 e. The molecule has 0 aliphatic rings. The topological polar surface area (TPSA) is 99.3 Å². The summed E-state index contributed by atoms with van der Waals surface area (Å²) in [7, 11) is 1.82. The van der Waals surface area contributed by atoms with Gasteiger partial charge >= 0.3 is 0 Å². The van der Waals surface area contributed by atoms with Crippen molar-refractivity contribution in [1.29, 1.82) is 5.26 Å². The summed E-state index contributed by atoms with van der Waals surface area (Å²) in [4.78, 5) is 24.5. The molecule has 29 heavy (non-hydrogen) atoms. The standard InChI is InChI=1S/C21H24N4O3S/c1-16(17-8-5-9-20(12-17)25(27)28)24(2)14-21(26)23-10-11-29-15-19-7-4-3-6-18(19)13-22/h3-9,12,16H,10-11,14-15H2,1-2H3,(H,23,26). The van der Waals surface area contributed by atoms with Crippen molar-refractivity contribution in [3.05, 3.63) is 75.3 Å². The van der Waals surface area contributed by atoms with Gasteiger partial charge in [-0.05, 0) is 31.2 Å². The highest BCUT2D eigenvalue weighted by Gasteiger charge is 2.17. The van der Waals surface area contributed by atoms with E-state index < -0.39 is 4.92 Å². The van der Waals surface area contributed by atoms with Crippen LogP contribution in [0, 0.1) is 21.4 Å². The monoisotopic (exact) mass is 412 g/mol. The van der Waals surface area contributed by atoms with Crippen LogP contribution in [0.2, 0.25) is 0 Å². The third-order valence-electron chi connectivity index (χ3n) is 4.58. The summed E-state index contributed by atoms with van der Waals surface area (Å²) in [6.07, 6.45) is 0. The molecule has 7 nitrogen and oxygen atoms in total. The number of rotatable bonds is 10. The first-order valence-electron chi connectivity index (χ1n) is 9.19. The van der Waals surface area contributed by atoms with Crippen molar-refractivity contribution in [2.24, 2.45) is 0 Å². The van der Waals surface area contributed by atoms with Crippen LogP contribution in [0.1, 0.15) is 29.7 Å². The molecule has 0 saturated heterocycles. The number of hydrogen-bond donors (Lipinski definition) is 1. The van der Waals surface area contributed by atoms with Crippen LogP contribution >= 0.6 is 11.8 Å². The number of amides is 1. The predicted molar refractivity (Wildman–Crippen MR) is 114 cm³/mol. The van der Waals surface area contributed by atoms with Crippen molar-refractivity contribution in [1.82, 2.24) is 10.2 Å². The van der Waals surface area contributed by atoms with Gasteiger partial charge in [-0.1, -0.05) is 30.3 Å². The van der Waals surface area contributed by atoms with Crippen molar-refractivity contribution in [3.63, 3.8) is 0 Å². The molecule has 1 amide bonds. The average Bonchev–Trinajstić information content (AvgIpc) is 2.73. The summed E-state index contributed by atoms with van der Waals surface area (Å²) in [6, 6.07) is 16.0. The molecule has 1 atom stereocenters. The van der Waals surface area contributed by atoms with Crippen molar-refractivity contribution >= 4 is 23.4 Å². The quantitative estimate of drug-likeness (QED) is 0.364. The lowest BCUT2D eigenvalue weighted by atomic mass is 10.1. The fourth-order valence-corrected chi connectivity index (χ4v) is 3.63. The first-order valence-corrected chi connectivity index (χ1v) is 10.3. The highest BCUT2D eigenvalue weighted by Crippen LogP contribution is 2.22. The molecule has 1 N–H and O–H groups in total. The number of benzene rings is 2. The van der Waals surface area contributed by atoms with Crippen molar-refractivity contribution in [2.45, 2.75) is 18.7 Å². The van der Waals surface area contributed by atoms with Crippen molar-refractivity contribution in [2.75, 3.05) is 25.9 Å². The third-order valence-corrected chi connectivity index (χ3v) is 5.59. The Balaban J connectivity index is 1.74.